The van der Waals surface area contributed by atoms with Crippen LogP contribution in [0.4, 0.5) is 10.1 Å². The normalized spacial score (nSPS) is 16.3. The average molecular weight is 372 g/mol. The molecule has 1 heterocycles. The standard InChI is InChI=1S/C20H21FN2O4/c1-26-17-8-3-13(9-18(17)27-2)10-19(24)22-15-11-20(25)23(12-15)16-6-4-14(21)5-7-16/h3-9,15H,10-12H2,1-2H3,(H,22,24). The second-order valence-electron chi connectivity index (χ2n) is 6.32. The van der Waals surface area contributed by atoms with Crippen LogP contribution in [-0.4, -0.2) is 38.6 Å². The largest absolute Gasteiger partial charge is 0.493 e. The molecule has 0 aromatic heterocycles. The fourth-order valence-electron chi connectivity index (χ4n) is 3.13. The molecule has 1 aliphatic heterocycles. The van der Waals surface area contributed by atoms with Crippen LogP contribution in [0.1, 0.15) is 12.0 Å². The maximum absolute atomic E-state index is 13.1. The number of benzene rings is 2. The Labute approximate surface area is 156 Å². The SMILES string of the molecule is COc1ccc(CC(=O)NC2CC(=O)N(c3ccc(F)cc3)C2)cc1OC. The molecule has 2 amide bonds. The van der Waals surface area contributed by atoms with Crippen LogP contribution in [0.3, 0.4) is 0 Å². The van der Waals surface area contributed by atoms with Gasteiger partial charge in [0.2, 0.25) is 11.8 Å². The highest BCUT2D eigenvalue weighted by Crippen LogP contribution is 2.28. The van der Waals surface area contributed by atoms with Crippen molar-refractivity contribution < 1.29 is 23.5 Å². The number of methoxy groups -OCH3 is 2. The first kappa shape index (κ1) is 18.7. The molecule has 1 fully saturated rings. The number of carbonyl (C=O) groups excluding carboxylic acids is 2. The molecular formula is C20H21FN2O4. The molecule has 27 heavy (non-hydrogen) atoms. The number of carbonyl (C=O) groups is 2. The van der Waals surface area contributed by atoms with Gasteiger partial charge in [-0.2, -0.15) is 0 Å². The summed E-state index contributed by atoms with van der Waals surface area (Å²) >= 11 is 0. The molecule has 6 nitrogen and oxygen atoms in total. The number of amides is 2. The van der Waals surface area contributed by atoms with E-state index in [9.17, 15) is 14.0 Å². The van der Waals surface area contributed by atoms with Gasteiger partial charge in [0.1, 0.15) is 5.82 Å². The van der Waals surface area contributed by atoms with E-state index in [1.165, 1.54) is 19.2 Å². The van der Waals surface area contributed by atoms with Gasteiger partial charge in [-0.05, 0) is 42.0 Å². The molecule has 2 aromatic carbocycles. The highest BCUT2D eigenvalue weighted by atomic mass is 19.1. The van der Waals surface area contributed by atoms with Gasteiger partial charge >= 0.3 is 0 Å². The van der Waals surface area contributed by atoms with Crippen molar-refractivity contribution in [3.05, 3.63) is 53.8 Å². The predicted molar refractivity (Wildman–Crippen MR) is 98.6 cm³/mol. The number of hydrogen-bond acceptors (Lipinski definition) is 4. The summed E-state index contributed by atoms with van der Waals surface area (Å²) in [7, 11) is 3.09. The van der Waals surface area contributed by atoms with Crippen molar-refractivity contribution in [1.29, 1.82) is 0 Å². The number of rotatable bonds is 6. The Morgan fingerprint density at radius 3 is 2.52 bits per heavy atom. The van der Waals surface area contributed by atoms with Crippen molar-refractivity contribution in [2.24, 2.45) is 0 Å². The van der Waals surface area contributed by atoms with E-state index >= 15 is 0 Å². The third kappa shape index (κ3) is 4.36. The second-order valence-corrected chi connectivity index (χ2v) is 6.32. The first-order chi connectivity index (χ1) is 13.0. The van der Waals surface area contributed by atoms with E-state index in [1.54, 1.807) is 42.3 Å². The Hall–Kier alpha value is -3.09. The van der Waals surface area contributed by atoms with E-state index in [0.29, 0.717) is 23.7 Å². The lowest BCUT2D eigenvalue weighted by Crippen LogP contribution is -2.38. The zero-order valence-corrected chi connectivity index (χ0v) is 15.2. The first-order valence-electron chi connectivity index (χ1n) is 8.56. The van der Waals surface area contributed by atoms with Gasteiger partial charge in [0.25, 0.3) is 0 Å². The Bertz CT molecular complexity index is 838. The summed E-state index contributed by atoms with van der Waals surface area (Å²) in [5, 5.41) is 2.89. The van der Waals surface area contributed by atoms with E-state index < -0.39 is 0 Å². The van der Waals surface area contributed by atoms with Gasteiger partial charge in [-0.3, -0.25) is 9.59 Å². The lowest BCUT2D eigenvalue weighted by atomic mass is 10.1. The average Bonchev–Trinajstić information content (AvgIpc) is 3.02. The maximum atomic E-state index is 13.1. The number of anilines is 1. The fourth-order valence-corrected chi connectivity index (χ4v) is 3.13. The van der Waals surface area contributed by atoms with Crippen LogP contribution in [0.5, 0.6) is 11.5 Å². The second kappa shape index (κ2) is 8.07. The lowest BCUT2D eigenvalue weighted by Gasteiger charge is -2.17. The van der Waals surface area contributed by atoms with Gasteiger partial charge in [-0.15, -0.1) is 0 Å². The molecule has 0 saturated carbocycles. The topological polar surface area (TPSA) is 67.9 Å². The number of hydrogen-bond donors (Lipinski definition) is 1. The highest BCUT2D eigenvalue weighted by Gasteiger charge is 2.31. The molecule has 0 spiro atoms. The van der Waals surface area contributed by atoms with Gasteiger partial charge in [0, 0.05) is 18.7 Å². The summed E-state index contributed by atoms with van der Waals surface area (Å²) in [6.07, 6.45) is 0.386. The van der Waals surface area contributed by atoms with E-state index in [4.69, 9.17) is 9.47 Å². The lowest BCUT2D eigenvalue weighted by molar-refractivity contribution is -0.121. The van der Waals surface area contributed by atoms with Crippen molar-refractivity contribution in [3.8, 4) is 11.5 Å². The van der Waals surface area contributed by atoms with Crippen LogP contribution in [0.25, 0.3) is 0 Å². The molecule has 0 bridgehead atoms. The van der Waals surface area contributed by atoms with Crippen molar-refractivity contribution in [1.82, 2.24) is 5.32 Å². The van der Waals surface area contributed by atoms with Crippen LogP contribution in [0.2, 0.25) is 0 Å². The minimum Gasteiger partial charge on any atom is -0.493 e. The highest BCUT2D eigenvalue weighted by molar-refractivity contribution is 5.96. The molecule has 142 valence electrons. The zero-order chi connectivity index (χ0) is 19.4. The summed E-state index contributed by atoms with van der Waals surface area (Å²) in [5.74, 6) is 0.517. The van der Waals surface area contributed by atoms with E-state index in [0.717, 1.165) is 5.56 Å². The van der Waals surface area contributed by atoms with Crippen molar-refractivity contribution in [2.75, 3.05) is 25.7 Å². The van der Waals surface area contributed by atoms with E-state index in [-0.39, 0.29) is 36.5 Å². The molecule has 1 atom stereocenters. The molecular weight excluding hydrogens is 351 g/mol. The number of halogens is 1. The maximum Gasteiger partial charge on any atom is 0.229 e. The summed E-state index contributed by atoms with van der Waals surface area (Å²) in [6, 6.07) is 10.8. The van der Waals surface area contributed by atoms with Crippen molar-refractivity contribution in [2.45, 2.75) is 18.9 Å². The predicted octanol–water partition coefficient (Wildman–Crippen LogP) is 2.31. The molecule has 0 radical (unpaired) electrons. The number of nitrogens with one attached hydrogen (secondary N) is 1. The van der Waals surface area contributed by atoms with Crippen LogP contribution < -0.4 is 19.7 Å². The fraction of sp³-hybridized carbons (Fsp3) is 0.300. The quantitative estimate of drug-likeness (QED) is 0.845. The van der Waals surface area contributed by atoms with Gasteiger partial charge < -0.3 is 19.7 Å². The van der Waals surface area contributed by atoms with Crippen LogP contribution in [0, 0.1) is 5.82 Å². The minimum absolute atomic E-state index is 0.0991. The Balaban J connectivity index is 1.60. The molecule has 3 rings (SSSR count). The summed E-state index contributed by atoms with van der Waals surface area (Å²) in [4.78, 5) is 26.1. The first-order valence-corrected chi connectivity index (χ1v) is 8.56. The molecule has 7 heteroatoms. The molecule has 1 saturated heterocycles. The monoisotopic (exact) mass is 372 g/mol. The summed E-state index contributed by atoms with van der Waals surface area (Å²) < 4.78 is 23.5. The summed E-state index contributed by atoms with van der Waals surface area (Å²) in [6.45, 7) is 0.363. The third-order valence-electron chi connectivity index (χ3n) is 4.44. The Kier molecular flexibility index (Phi) is 5.59. The van der Waals surface area contributed by atoms with Gasteiger partial charge in [-0.25, -0.2) is 4.39 Å². The van der Waals surface area contributed by atoms with E-state index in [2.05, 4.69) is 5.32 Å². The van der Waals surface area contributed by atoms with Crippen LogP contribution in [-0.2, 0) is 16.0 Å². The Morgan fingerprint density at radius 1 is 1.15 bits per heavy atom. The van der Waals surface area contributed by atoms with Crippen molar-refractivity contribution in [3.63, 3.8) is 0 Å². The number of ether oxygens (including phenoxy) is 2. The number of nitrogens with zero attached hydrogens (tertiary/aromatic N) is 1. The Morgan fingerprint density at radius 2 is 1.85 bits per heavy atom. The van der Waals surface area contributed by atoms with E-state index in [1.807, 2.05) is 0 Å². The third-order valence-corrected chi connectivity index (χ3v) is 4.44. The van der Waals surface area contributed by atoms with Crippen molar-refractivity contribution >= 4 is 17.5 Å². The molecule has 2 aromatic rings. The molecule has 1 N–H and O–H groups in total. The van der Waals surface area contributed by atoms with Crippen LogP contribution in [0.15, 0.2) is 42.5 Å². The van der Waals surface area contributed by atoms with Gasteiger partial charge in [-0.1, -0.05) is 6.07 Å². The molecule has 0 aliphatic carbocycles. The zero-order valence-electron chi connectivity index (χ0n) is 15.2. The smallest absolute Gasteiger partial charge is 0.229 e. The summed E-state index contributed by atoms with van der Waals surface area (Å²) in [5.41, 5.74) is 1.41. The minimum atomic E-state index is -0.356. The molecule has 1 aliphatic rings. The van der Waals surface area contributed by atoms with Gasteiger partial charge in [0.05, 0.1) is 26.7 Å². The van der Waals surface area contributed by atoms with Crippen LogP contribution >= 0.6 is 0 Å². The molecule has 1 unspecified atom stereocenters. The van der Waals surface area contributed by atoms with Gasteiger partial charge in [0.15, 0.2) is 11.5 Å².